The number of nitrogens with zero attached hydrogens (tertiary/aromatic N) is 1. The molecule has 2 aromatic carbocycles. The van der Waals surface area contributed by atoms with Gasteiger partial charge in [0.25, 0.3) is 0 Å². The lowest BCUT2D eigenvalue weighted by Crippen LogP contribution is -2.11. The highest BCUT2D eigenvalue weighted by Gasteiger charge is 2.20. The number of benzene rings is 2. The minimum Gasteiger partial charge on any atom is -0.508 e. The highest BCUT2D eigenvalue weighted by molar-refractivity contribution is 6.36. The second-order valence-corrected chi connectivity index (χ2v) is 5.82. The molecule has 26 heavy (non-hydrogen) atoms. The minimum absolute atomic E-state index is 0.0475. The zero-order valence-corrected chi connectivity index (χ0v) is 15.1. The lowest BCUT2D eigenvalue weighted by Gasteiger charge is -2.09. The third-order valence-corrected chi connectivity index (χ3v) is 3.81. The van der Waals surface area contributed by atoms with Crippen LogP contribution in [0.2, 0.25) is 10.0 Å². The Labute approximate surface area is 159 Å². The van der Waals surface area contributed by atoms with Gasteiger partial charge < -0.3 is 14.9 Å². The second-order valence-electron chi connectivity index (χ2n) is 5.00. The van der Waals surface area contributed by atoms with Crippen LogP contribution in [0, 0.1) is 5.82 Å². The van der Waals surface area contributed by atoms with E-state index in [2.05, 4.69) is 4.99 Å². The van der Waals surface area contributed by atoms with E-state index in [1.54, 1.807) is 6.92 Å². The van der Waals surface area contributed by atoms with Gasteiger partial charge in [0.2, 0.25) is 0 Å². The number of ether oxygens (including phenoxy) is 1. The maximum absolute atomic E-state index is 13.7. The molecule has 2 aromatic rings. The van der Waals surface area contributed by atoms with Crippen LogP contribution in [0.25, 0.3) is 5.76 Å². The molecule has 0 aliphatic rings. The normalized spacial score (nSPS) is 12.2. The van der Waals surface area contributed by atoms with Crippen LogP contribution in [-0.2, 0) is 9.53 Å². The summed E-state index contributed by atoms with van der Waals surface area (Å²) < 4.78 is 18.6. The Morgan fingerprint density at radius 1 is 1.23 bits per heavy atom. The van der Waals surface area contributed by atoms with Crippen LogP contribution in [0.1, 0.15) is 12.5 Å². The Hall–Kier alpha value is -2.57. The summed E-state index contributed by atoms with van der Waals surface area (Å²) >= 11 is 11.6. The number of aliphatic hydroxyl groups is 1. The molecule has 0 radical (unpaired) electrons. The van der Waals surface area contributed by atoms with Gasteiger partial charge >= 0.3 is 5.97 Å². The maximum Gasteiger partial charge on any atom is 0.343 e. The topological polar surface area (TPSA) is 79.1 Å². The molecule has 136 valence electrons. The van der Waals surface area contributed by atoms with Crippen molar-refractivity contribution in [3.8, 4) is 5.75 Å². The Morgan fingerprint density at radius 2 is 1.88 bits per heavy atom. The van der Waals surface area contributed by atoms with Crippen molar-refractivity contribution in [1.82, 2.24) is 0 Å². The highest BCUT2D eigenvalue weighted by atomic mass is 35.5. The van der Waals surface area contributed by atoms with Crippen LogP contribution in [0.15, 0.2) is 47.0 Å². The zero-order chi connectivity index (χ0) is 19.3. The molecule has 0 saturated heterocycles. The molecule has 0 aromatic heterocycles. The van der Waals surface area contributed by atoms with Crippen LogP contribution in [0.3, 0.4) is 0 Å². The summed E-state index contributed by atoms with van der Waals surface area (Å²) in [5.41, 5.74) is -0.0388. The average molecular weight is 398 g/mol. The molecule has 0 saturated carbocycles. The van der Waals surface area contributed by atoms with E-state index in [-0.39, 0.29) is 33.5 Å². The number of esters is 1. The number of halogens is 3. The van der Waals surface area contributed by atoms with Gasteiger partial charge in [0.05, 0.1) is 22.3 Å². The first-order chi connectivity index (χ1) is 12.3. The van der Waals surface area contributed by atoms with Gasteiger partial charge in [-0.1, -0.05) is 23.2 Å². The molecule has 0 aliphatic heterocycles. The van der Waals surface area contributed by atoms with Gasteiger partial charge in [-0.05, 0) is 43.3 Å². The fourth-order valence-corrected chi connectivity index (χ4v) is 2.42. The largest absolute Gasteiger partial charge is 0.508 e. The molecule has 0 amide bonds. The molecular formula is C18H14Cl2FNO4. The lowest BCUT2D eigenvalue weighted by molar-refractivity contribution is -0.137. The maximum atomic E-state index is 13.7. The van der Waals surface area contributed by atoms with Crippen LogP contribution >= 0.6 is 23.2 Å². The molecule has 0 unspecified atom stereocenters. The summed E-state index contributed by atoms with van der Waals surface area (Å²) in [5, 5.41) is 19.5. The molecule has 5 nitrogen and oxygen atoms in total. The van der Waals surface area contributed by atoms with Crippen molar-refractivity contribution >= 4 is 46.8 Å². The smallest absolute Gasteiger partial charge is 0.343 e. The fourth-order valence-electron chi connectivity index (χ4n) is 1.95. The number of hydrogen-bond acceptors (Lipinski definition) is 5. The van der Waals surface area contributed by atoms with Crippen molar-refractivity contribution in [3.05, 3.63) is 63.4 Å². The van der Waals surface area contributed by atoms with Crippen molar-refractivity contribution in [1.29, 1.82) is 0 Å². The van der Waals surface area contributed by atoms with Gasteiger partial charge in [0.15, 0.2) is 0 Å². The third-order valence-electron chi connectivity index (χ3n) is 3.21. The van der Waals surface area contributed by atoms with Crippen molar-refractivity contribution < 1.29 is 24.1 Å². The number of phenolic OH excluding ortho intramolecular Hbond substituents is 1. The summed E-state index contributed by atoms with van der Waals surface area (Å²) in [6.07, 6.45) is 1.07. The quantitative estimate of drug-likeness (QED) is 0.242. The molecule has 0 aliphatic carbocycles. The van der Waals surface area contributed by atoms with Gasteiger partial charge in [-0.3, -0.25) is 4.99 Å². The number of aromatic hydroxyl groups is 1. The fraction of sp³-hybridized carbons (Fsp3) is 0.111. The predicted molar refractivity (Wildman–Crippen MR) is 98.9 cm³/mol. The molecule has 2 N–H and O–H groups in total. The Balaban J connectivity index is 2.52. The first-order valence-electron chi connectivity index (χ1n) is 7.41. The van der Waals surface area contributed by atoms with Crippen molar-refractivity contribution in [3.63, 3.8) is 0 Å². The van der Waals surface area contributed by atoms with Gasteiger partial charge in [0, 0.05) is 11.8 Å². The van der Waals surface area contributed by atoms with Crippen molar-refractivity contribution in [2.45, 2.75) is 6.92 Å². The summed E-state index contributed by atoms with van der Waals surface area (Å²) in [4.78, 5) is 16.2. The summed E-state index contributed by atoms with van der Waals surface area (Å²) in [6.45, 7) is 1.66. The molecule has 0 spiro atoms. The van der Waals surface area contributed by atoms with E-state index in [4.69, 9.17) is 27.9 Å². The number of carbonyl (C=O) groups is 1. The van der Waals surface area contributed by atoms with Crippen molar-refractivity contribution in [2.75, 3.05) is 6.61 Å². The molecule has 0 atom stereocenters. The highest BCUT2D eigenvalue weighted by Crippen LogP contribution is 2.30. The van der Waals surface area contributed by atoms with Gasteiger partial charge in [-0.15, -0.1) is 0 Å². The van der Waals surface area contributed by atoms with Crippen LogP contribution in [0.4, 0.5) is 10.1 Å². The summed E-state index contributed by atoms with van der Waals surface area (Å²) in [5.74, 6) is -2.22. The van der Waals surface area contributed by atoms with Crippen LogP contribution in [0.5, 0.6) is 5.75 Å². The zero-order valence-electron chi connectivity index (χ0n) is 13.5. The summed E-state index contributed by atoms with van der Waals surface area (Å²) in [6, 6.07) is 7.84. The molecule has 0 fully saturated rings. The van der Waals surface area contributed by atoms with E-state index >= 15 is 0 Å². The number of aliphatic hydroxyl groups excluding tert-OH is 1. The molecule has 0 heterocycles. The minimum atomic E-state index is -0.862. The van der Waals surface area contributed by atoms with Gasteiger partial charge in [-0.25, -0.2) is 9.18 Å². The molecule has 2 rings (SSSR count). The number of aliphatic imine (C=N–C) groups is 1. The van der Waals surface area contributed by atoms with Gasteiger partial charge in [-0.2, -0.15) is 0 Å². The number of rotatable bonds is 5. The average Bonchev–Trinajstić information content (AvgIpc) is 2.60. The van der Waals surface area contributed by atoms with Crippen molar-refractivity contribution in [2.24, 2.45) is 4.99 Å². The van der Waals surface area contributed by atoms with E-state index < -0.39 is 17.5 Å². The molecule has 0 bridgehead atoms. The lowest BCUT2D eigenvalue weighted by atomic mass is 10.1. The predicted octanol–water partition coefficient (Wildman–Crippen LogP) is 5.07. The standard InChI is InChI=1S/C18H14Cl2FNO4/c1-2-26-18(25)13(9-22-10-3-5-11(23)6-4-10)17(24)12-7-16(21)15(20)8-14(12)19/h3-9,23-24H,2H2,1H3. The Bertz CT molecular complexity index is 880. The first kappa shape index (κ1) is 19.8. The SMILES string of the molecule is CCOC(=O)C(C=Nc1ccc(O)cc1)=C(O)c1cc(F)c(Cl)cc1Cl. The Kier molecular flexibility index (Phi) is 6.60. The van der Waals surface area contributed by atoms with E-state index in [1.165, 1.54) is 24.3 Å². The van der Waals surface area contributed by atoms with E-state index in [1.807, 2.05) is 0 Å². The van der Waals surface area contributed by atoms with E-state index in [0.29, 0.717) is 5.69 Å². The molecule has 8 heteroatoms. The third kappa shape index (κ3) is 4.74. The summed E-state index contributed by atoms with van der Waals surface area (Å²) in [7, 11) is 0. The second kappa shape index (κ2) is 8.69. The van der Waals surface area contributed by atoms with Gasteiger partial charge in [0.1, 0.15) is 22.9 Å². The Morgan fingerprint density at radius 3 is 2.50 bits per heavy atom. The van der Waals surface area contributed by atoms with E-state index in [0.717, 1.165) is 18.3 Å². The van der Waals surface area contributed by atoms with Crippen LogP contribution < -0.4 is 0 Å². The van der Waals surface area contributed by atoms with Crippen LogP contribution in [-0.4, -0.2) is 29.0 Å². The monoisotopic (exact) mass is 397 g/mol. The number of phenols is 1. The number of hydrogen-bond donors (Lipinski definition) is 2. The molecular weight excluding hydrogens is 384 g/mol. The first-order valence-corrected chi connectivity index (χ1v) is 8.17. The van der Waals surface area contributed by atoms with E-state index in [9.17, 15) is 19.4 Å². The number of carbonyl (C=O) groups excluding carboxylic acids is 1.